The van der Waals surface area contributed by atoms with Crippen LogP contribution in [0.3, 0.4) is 0 Å². The minimum atomic E-state index is 0. The lowest BCUT2D eigenvalue weighted by Gasteiger charge is -2.33. The summed E-state index contributed by atoms with van der Waals surface area (Å²) in [5.41, 5.74) is 0. The Morgan fingerprint density at radius 2 is 2.19 bits per heavy atom. The van der Waals surface area contributed by atoms with E-state index in [9.17, 15) is 4.79 Å². The lowest BCUT2D eigenvalue weighted by Crippen LogP contribution is -2.46. The van der Waals surface area contributed by atoms with E-state index < -0.39 is 0 Å². The first-order chi connectivity index (χ1) is 12.0. The van der Waals surface area contributed by atoms with Crippen LogP contribution < -0.4 is 10.6 Å². The van der Waals surface area contributed by atoms with E-state index >= 15 is 0 Å². The van der Waals surface area contributed by atoms with Gasteiger partial charge in [0.25, 0.3) is 0 Å². The van der Waals surface area contributed by atoms with Crippen molar-refractivity contribution in [2.45, 2.75) is 65.0 Å². The minimum Gasteiger partial charge on any atom is -0.356 e. The Balaban J connectivity index is 0.00000338. The molecule has 0 aromatic carbocycles. The second-order valence-electron chi connectivity index (χ2n) is 6.94. The van der Waals surface area contributed by atoms with Gasteiger partial charge in [0.05, 0.1) is 0 Å². The Hall–Kier alpha value is -0.830. The molecule has 1 aliphatic heterocycles. The Labute approximate surface area is 179 Å². The Bertz CT molecular complexity index is 590. The molecule has 2 N–H and O–H groups in total. The van der Waals surface area contributed by atoms with Gasteiger partial charge in [-0.2, -0.15) is 0 Å². The number of likely N-dealkylation sites (tertiary alicyclic amines) is 1. The molecule has 2 rings (SSSR count). The average molecular weight is 492 g/mol. The number of carbonyl (C=O) groups is 1. The van der Waals surface area contributed by atoms with Gasteiger partial charge in [0.15, 0.2) is 5.96 Å². The number of piperidine rings is 1. The van der Waals surface area contributed by atoms with Crippen molar-refractivity contribution in [3.05, 3.63) is 21.9 Å². The third-order valence-electron chi connectivity index (χ3n) is 4.66. The number of amides is 1. The van der Waals surface area contributed by atoms with Gasteiger partial charge in [-0.15, -0.1) is 35.3 Å². The van der Waals surface area contributed by atoms with Gasteiger partial charge >= 0.3 is 0 Å². The Morgan fingerprint density at radius 1 is 1.42 bits per heavy atom. The van der Waals surface area contributed by atoms with Crippen molar-refractivity contribution < 1.29 is 4.79 Å². The highest BCUT2D eigenvalue weighted by Crippen LogP contribution is 2.17. The third kappa shape index (κ3) is 7.42. The highest BCUT2D eigenvalue weighted by atomic mass is 127. The van der Waals surface area contributed by atoms with Gasteiger partial charge in [-0.25, -0.2) is 0 Å². The van der Waals surface area contributed by atoms with Crippen molar-refractivity contribution >= 4 is 47.2 Å². The molecule has 7 heteroatoms. The fourth-order valence-corrected chi connectivity index (χ4v) is 4.29. The zero-order valence-electron chi connectivity index (χ0n) is 16.4. The summed E-state index contributed by atoms with van der Waals surface area (Å²) in [6, 6.07) is 5.02. The first-order valence-electron chi connectivity index (χ1n) is 9.31. The largest absolute Gasteiger partial charge is 0.356 e. The molecular weight excluding hydrogens is 459 g/mol. The van der Waals surface area contributed by atoms with Crippen molar-refractivity contribution in [3.63, 3.8) is 0 Å². The van der Waals surface area contributed by atoms with Crippen LogP contribution in [0.1, 0.15) is 49.3 Å². The number of guanidine groups is 1. The van der Waals surface area contributed by atoms with Crippen molar-refractivity contribution in [1.82, 2.24) is 15.5 Å². The number of nitrogens with one attached hydrogen (secondary N) is 2. The molecule has 2 heterocycles. The summed E-state index contributed by atoms with van der Waals surface area (Å²) in [6.45, 7) is 7.96. The summed E-state index contributed by atoms with van der Waals surface area (Å²) in [6.07, 6.45) is 4.99. The summed E-state index contributed by atoms with van der Waals surface area (Å²) in [7, 11) is 1.77. The number of rotatable bonds is 6. The van der Waals surface area contributed by atoms with E-state index in [0.717, 1.165) is 31.8 Å². The lowest BCUT2D eigenvalue weighted by atomic mass is 10.0. The van der Waals surface area contributed by atoms with E-state index in [2.05, 4.69) is 48.5 Å². The van der Waals surface area contributed by atoms with E-state index in [1.807, 2.05) is 16.2 Å². The fraction of sp³-hybridized carbons (Fsp3) is 0.684. The normalized spacial score (nSPS) is 18.8. The standard InChI is InChI=1S/C19H32N4OS.HI/c1-14(13-17-9-8-16(3)25-17)22-19(20-4)21-11-10-18(24)23-12-6-5-7-15(23)2;/h8-9,14-15H,5-7,10-13H2,1-4H3,(H2,20,21,22);1H. The van der Waals surface area contributed by atoms with Gasteiger partial charge in [-0.3, -0.25) is 9.79 Å². The van der Waals surface area contributed by atoms with E-state index in [4.69, 9.17) is 0 Å². The van der Waals surface area contributed by atoms with Gasteiger partial charge in [-0.05, 0) is 52.2 Å². The molecule has 5 nitrogen and oxygen atoms in total. The van der Waals surface area contributed by atoms with Crippen LogP contribution in [0.2, 0.25) is 0 Å². The molecular formula is C19H33IN4OS. The summed E-state index contributed by atoms with van der Waals surface area (Å²) >= 11 is 1.84. The second kappa shape index (κ2) is 11.8. The number of hydrogen-bond donors (Lipinski definition) is 2. The monoisotopic (exact) mass is 492 g/mol. The van der Waals surface area contributed by atoms with Crippen LogP contribution in [0.5, 0.6) is 0 Å². The van der Waals surface area contributed by atoms with E-state index in [-0.39, 0.29) is 29.9 Å². The molecule has 0 spiro atoms. The van der Waals surface area contributed by atoms with Crippen molar-refractivity contribution in [2.75, 3.05) is 20.1 Å². The highest BCUT2D eigenvalue weighted by molar-refractivity contribution is 14.0. The molecule has 1 amide bonds. The number of hydrogen-bond acceptors (Lipinski definition) is 3. The SMILES string of the molecule is CN=C(NCCC(=O)N1CCCCC1C)NC(C)Cc1ccc(C)s1.I. The van der Waals surface area contributed by atoms with Crippen LogP contribution in [0.15, 0.2) is 17.1 Å². The van der Waals surface area contributed by atoms with E-state index in [0.29, 0.717) is 25.0 Å². The smallest absolute Gasteiger partial charge is 0.224 e. The molecule has 2 atom stereocenters. The third-order valence-corrected chi connectivity index (χ3v) is 5.69. The number of nitrogens with zero attached hydrogens (tertiary/aromatic N) is 2. The maximum absolute atomic E-state index is 12.4. The number of aliphatic imine (C=N–C) groups is 1. The number of aryl methyl sites for hydroxylation is 1. The van der Waals surface area contributed by atoms with Gasteiger partial charge in [0.1, 0.15) is 0 Å². The van der Waals surface area contributed by atoms with Crippen molar-refractivity contribution in [1.29, 1.82) is 0 Å². The lowest BCUT2D eigenvalue weighted by molar-refractivity contribution is -0.134. The van der Waals surface area contributed by atoms with Crippen LogP contribution in [0, 0.1) is 6.92 Å². The zero-order chi connectivity index (χ0) is 18.2. The molecule has 0 aliphatic carbocycles. The number of carbonyl (C=O) groups excluding carboxylic acids is 1. The van der Waals surface area contributed by atoms with Crippen LogP contribution in [0.25, 0.3) is 0 Å². The van der Waals surface area contributed by atoms with Crippen LogP contribution in [0.4, 0.5) is 0 Å². The molecule has 1 aromatic heterocycles. The zero-order valence-corrected chi connectivity index (χ0v) is 19.5. The molecule has 1 aromatic rings. The molecule has 1 saturated heterocycles. The molecule has 0 saturated carbocycles. The molecule has 148 valence electrons. The van der Waals surface area contributed by atoms with Crippen LogP contribution >= 0.6 is 35.3 Å². The first kappa shape index (κ1) is 23.2. The summed E-state index contributed by atoms with van der Waals surface area (Å²) in [5.74, 6) is 1.01. The predicted molar refractivity (Wildman–Crippen MR) is 122 cm³/mol. The predicted octanol–water partition coefficient (Wildman–Crippen LogP) is 3.56. The van der Waals surface area contributed by atoms with E-state index in [1.165, 1.54) is 16.2 Å². The maximum atomic E-state index is 12.4. The second-order valence-corrected chi connectivity index (χ2v) is 8.32. The summed E-state index contributed by atoms with van der Waals surface area (Å²) in [4.78, 5) is 21.4. The highest BCUT2D eigenvalue weighted by Gasteiger charge is 2.22. The minimum absolute atomic E-state index is 0. The summed E-state index contributed by atoms with van der Waals surface area (Å²) < 4.78 is 0. The molecule has 1 aliphatic rings. The van der Waals surface area contributed by atoms with Gasteiger partial charge in [0.2, 0.25) is 5.91 Å². The average Bonchev–Trinajstić information content (AvgIpc) is 2.98. The van der Waals surface area contributed by atoms with Crippen molar-refractivity contribution in [2.24, 2.45) is 4.99 Å². The molecule has 0 radical (unpaired) electrons. The van der Waals surface area contributed by atoms with Crippen molar-refractivity contribution in [3.8, 4) is 0 Å². The maximum Gasteiger partial charge on any atom is 0.224 e. The summed E-state index contributed by atoms with van der Waals surface area (Å²) in [5, 5.41) is 6.68. The van der Waals surface area contributed by atoms with Crippen LogP contribution in [-0.4, -0.2) is 49.0 Å². The first-order valence-corrected chi connectivity index (χ1v) is 10.1. The van der Waals surface area contributed by atoms with Gasteiger partial charge < -0.3 is 15.5 Å². The fourth-order valence-electron chi connectivity index (χ4n) is 3.28. The molecule has 2 unspecified atom stereocenters. The van der Waals surface area contributed by atoms with Gasteiger partial charge in [0, 0.05) is 54.8 Å². The van der Waals surface area contributed by atoms with Gasteiger partial charge in [-0.1, -0.05) is 0 Å². The number of halogens is 1. The molecule has 0 bridgehead atoms. The topological polar surface area (TPSA) is 56.7 Å². The van der Waals surface area contributed by atoms with E-state index in [1.54, 1.807) is 7.05 Å². The Kier molecular flexibility index (Phi) is 10.5. The number of thiophene rings is 1. The van der Waals surface area contributed by atoms with Crippen LogP contribution in [-0.2, 0) is 11.2 Å². The quantitative estimate of drug-likeness (QED) is 0.363. The molecule has 26 heavy (non-hydrogen) atoms. The molecule has 1 fully saturated rings. The Morgan fingerprint density at radius 3 is 2.81 bits per heavy atom.